The topological polar surface area (TPSA) is 74.6 Å². The molecule has 2 unspecified atom stereocenters. The van der Waals surface area contributed by atoms with Gasteiger partial charge >= 0.3 is 0 Å². The molecule has 0 aliphatic rings. The largest absolute Gasteiger partial charge is 0.393 e. The third kappa shape index (κ3) is 12.6. The zero-order chi connectivity index (χ0) is 14.7. The van der Waals surface area contributed by atoms with Gasteiger partial charge in [-0.15, -0.1) is 0 Å². The highest BCUT2D eigenvalue weighted by Gasteiger charge is 2.15. The van der Waals surface area contributed by atoms with Crippen LogP contribution in [-0.4, -0.2) is 29.4 Å². The molecule has 0 aromatic heterocycles. The van der Waals surface area contributed by atoms with E-state index in [1.165, 1.54) is 25.7 Å². The summed E-state index contributed by atoms with van der Waals surface area (Å²) in [5.74, 6) is 0. The van der Waals surface area contributed by atoms with Crippen LogP contribution < -0.4 is 0 Å². The summed E-state index contributed by atoms with van der Waals surface area (Å²) in [5, 5.41) is 8.46. The lowest BCUT2D eigenvalue weighted by Gasteiger charge is -2.07. The van der Waals surface area contributed by atoms with Crippen LogP contribution >= 0.6 is 0 Å². The maximum Gasteiger partial charge on any atom is 0.267 e. The van der Waals surface area contributed by atoms with Crippen LogP contribution in [0.3, 0.4) is 0 Å². The Kier molecular flexibility index (Phi) is 10.6. The zero-order valence-corrected chi connectivity index (χ0v) is 13.2. The smallest absolute Gasteiger partial charge is 0.267 e. The molecule has 2 N–H and O–H groups in total. The van der Waals surface area contributed by atoms with Crippen LogP contribution in [0.5, 0.6) is 0 Å². The number of aliphatic hydroxyl groups is 1. The predicted molar refractivity (Wildman–Crippen MR) is 78.9 cm³/mol. The van der Waals surface area contributed by atoms with Crippen molar-refractivity contribution in [2.24, 2.45) is 0 Å². The fraction of sp³-hybridized carbons (Fsp3) is 1.00. The quantitative estimate of drug-likeness (QED) is 0.426. The molecule has 0 rings (SSSR count). The number of aliphatic hydroxyl groups excluding tert-OH is 1. The molecule has 19 heavy (non-hydrogen) atoms. The first-order valence-corrected chi connectivity index (χ1v) is 8.98. The van der Waals surface area contributed by atoms with Crippen LogP contribution in [0.1, 0.15) is 78.1 Å². The molecular weight excluding hydrogens is 264 g/mol. The van der Waals surface area contributed by atoms with E-state index in [4.69, 9.17) is 9.66 Å². The normalized spacial score (nSPS) is 15.4. The molecule has 116 valence electrons. The predicted octanol–water partition coefficient (Wildman–Crippen LogP) is 3.54. The molecule has 0 fully saturated rings. The standard InChI is InChI=1S/C14H30O4S/c1-13(15)11-9-7-5-3-4-6-8-10-12-14(2)19(16,17)18/h13-15H,3-12H2,1-2H3,(H,16,17,18). The molecule has 0 saturated carbocycles. The van der Waals surface area contributed by atoms with Crippen LogP contribution in [0, 0.1) is 0 Å². The summed E-state index contributed by atoms with van der Waals surface area (Å²) in [4.78, 5) is 0. The summed E-state index contributed by atoms with van der Waals surface area (Å²) in [6, 6.07) is 0. The highest BCUT2D eigenvalue weighted by Crippen LogP contribution is 2.13. The van der Waals surface area contributed by atoms with Crippen LogP contribution in [0.2, 0.25) is 0 Å². The Hall–Kier alpha value is -0.130. The van der Waals surface area contributed by atoms with E-state index in [2.05, 4.69) is 0 Å². The Labute approximate surface area is 118 Å². The first-order chi connectivity index (χ1) is 8.84. The minimum atomic E-state index is -3.84. The van der Waals surface area contributed by atoms with E-state index >= 15 is 0 Å². The molecule has 5 heteroatoms. The lowest BCUT2D eigenvalue weighted by molar-refractivity contribution is 0.180. The van der Waals surface area contributed by atoms with Crippen molar-refractivity contribution in [3.8, 4) is 0 Å². The van der Waals surface area contributed by atoms with Gasteiger partial charge in [-0.05, 0) is 26.7 Å². The van der Waals surface area contributed by atoms with Gasteiger partial charge in [-0.3, -0.25) is 4.55 Å². The molecule has 0 radical (unpaired) electrons. The minimum Gasteiger partial charge on any atom is -0.393 e. The van der Waals surface area contributed by atoms with E-state index in [1.54, 1.807) is 6.92 Å². The molecule has 0 aliphatic heterocycles. The van der Waals surface area contributed by atoms with E-state index in [-0.39, 0.29) is 6.10 Å². The summed E-state index contributed by atoms with van der Waals surface area (Å²) in [6.45, 7) is 3.38. The minimum absolute atomic E-state index is 0.176. The maximum atomic E-state index is 10.8. The van der Waals surface area contributed by atoms with Gasteiger partial charge in [-0.1, -0.05) is 51.4 Å². The molecule has 0 aromatic carbocycles. The van der Waals surface area contributed by atoms with Crippen molar-refractivity contribution in [2.45, 2.75) is 89.4 Å². The Morgan fingerprint density at radius 3 is 1.53 bits per heavy atom. The molecule has 0 heterocycles. The van der Waals surface area contributed by atoms with Crippen LogP contribution in [0.4, 0.5) is 0 Å². The lowest BCUT2D eigenvalue weighted by atomic mass is 10.0. The van der Waals surface area contributed by atoms with Crippen molar-refractivity contribution in [2.75, 3.05) is 0 Å². The fourth-order valence-electron chi connectivity index (χ4n) is 2.08. The van der Waals surface area contributed by atoms with Crippen molar-refractivity contribution in [1.82, 2.24) is 0 Å². The van der Waals surface area contributed by atoms with Gasteiger partial charge in [0, 0.05) is 0 Å². The molecule has 0 spiro atoms. The van der Waals surface area contributed by atoms with Crippen molar-refractivity contribution < 1.29 is 18.1 Å². The highest BCUT2D eigenvalue weighted by atomic mass is 32.2. The first-order valence-electron chi connectivity index (χ1n) is 7.48. The number of unbranched alkanes of at least 4 members (excludes halogenated alkanes) is 7. The number of hydrogen-bond donors (Lipinski definition) is 2. The summed E-state index contributed by atoms with van der Waals surface area (Å²) < 4.78 is 30.4. The number of rotatable bonds is 12. The molecule has 0 bridgehead atoms. The van der Waals surface area contributed by atoms with Gasteiger partial charge in [-0.2, -0.15) is 8.42 Å². The van der Waals surface area contributed by atoms with Gasteiger partial charge in [-0.25, -0.2) is 0 Å². The molecular formula is C14H30O4S. The van der Waals surface area contributed by atoms with Gasteiger partial charge in [0.05, 0.1) is 11.4 Å². The third-order valence-corrected chi connectivity index (χ3v) is 4.74. The average molecular weight is 294 g/mol. The van der Waals surface area contributed by atoms with Crippen LogP contribution in [-0.2, 0) is 10.1 Å². The molecule has 2 atom stereocenters. The second kappa shape index (κ2) is 10.6. The highest BCUT2D eigenvalue weighted by molar-refractivity contribution is 7.86. The summed E-state index contributed by atoms with van der Waals surface area (Å²) in [7, 11) is -3.84. The Balaban J connectivity index is 3.24. The second-order valence-electron chi connectivity index (χ2n) is 5.58. The lowest BCUT2D eigenvalue weighted by Crippen LogP contribution is -2.16. The van der Waals surface area contributed by atoms with E-state index in [0.717, 1.165) is 32.1 Å². The van der Waals surface area contributed by atoms with Gasteiger partial charge in [0.15, 0.2) is 0 Å². The Morgan fingerprint density at radius 2 is 1.16 bits per heavy atom. The Bertz CT molecular complexity index is 299. The average Bonchev–Trinajstić information content (AvgIpc) is 2.29. The van der Waals surface area contributed by atoms with Gasteiger partial charge < -0.3 is 5.11 Å². The summed E-state index contributed by atoms with van der Waals surface area (Å²) in [5.41, 5.74) is 0. The van der Waals surface area contributed by atoms with Crippen molar-refractivity contribution in [3.63, 3.8) is 0 Å². The van der Waals surface area contributed by atoms with E-state index in [1.807, 2.05) is 6.92 Å². The van der Waals surface area contributed by atoms with Gasteiger partial charge in [0.1, 0.15) is 0 Å². The van der Waals surface area contributed by atoms with Crippen molar-refractivity contribution in [1.29, 1.82) is 0 Å². The van der Waals surface area contributed by atoms with Crippen LogP contribution in [0.25, 0.3) is 0 Å². The van der Waals surface area contributed by atoms with E-state index in [0.29, 0.717) is 6.42 Å². The summed E-state index contributed by atoms with van der Waals surface area (Å²) in [6.07, 6.45) is 10.2. The third-order valence-electron chi connectivity index (χ3n) is 3.49. The van der Waals surface area contributed by atoms with Crippen molar-refractivity contribution >= 4 is 10.1 Å². The second-order valence-corrected chi connectivity index (χ2v) is 7.42. The van der Waals surface area contributed by atoms with Crippen LogP contribution in [0.15, 0.2) is 0 Å². The molecule has 0 amide bonds. The van der Waals surface area contributed by atoms with E-state index in [9.17, 15) is 8.42 Å². The molecule has 0 saturated heterocycles. The fourth-order valence-corrected chi connectivity index (χ4v) is 2.55. The Morgan fingerprint density at radius 1 is 0.789 bits per heavy atom. The van der Waals surface area contributed by atoms with Gasteiger partial charge in [0.2, 0.25) is 0 Å². The molecule has 4 nitrogen and oxygen atoms in total. The first kappa shape index (κ1) is 18.9. The van der Waals surface area contributed by atoms with Gasteiger partial charge in [0.25, 0.3) is 10.1 Å². The maximum absolute atomic E-state index is 10.8. The molecule has 0 aliphatic carbocycles. The SMILES string of the molecule is CC(O)CCCCCCCCCCC(C)S(=O)(=O)O. The monoisotopic (exact) mass is 294 g/mol. The van der Waals surface area contributed by atoms with E-state index < -0.39 is 15.4 Å². The summed E-state index contributed by atoms with van der Waals surface area (Å²) >= 11 is 0. The van der Waals surface area contributed by atoms with Crippen molar-refractivity contribution in [3.05, 3.63) is 0 Å². The molecule has 0 aromatic rings. The zero-order valence-electron chi connectivity index (χ0n) is 12.3. The number of hydrogen-bond acceptors (Lipinski definition) is 3.